The van der Waals surface area contributed by atoms with E-state index in [4.69, 9.17) is 23.2 Å². The lowest BCUT2D eigenvalue weighted by Gasteiger charge is -2.00. The molecule has 1 aromatic rings. The quantitative estimate of drug-likeness (QED) is 0.628. The summed E-state index contributed by atoms with van der Waals surface area (Å²) >= 11 is 12.1. The van der Waals surface area contributed by atoms with Gasteiger partial charge in [0.15, 0.2) is 0 Å². The van der Waals surface area contributed by atoms with Gasteiger partial charge in [-0.15, -0.1) is 0 Å². The Labute approximate surface area is 99.5 Å². The summed E-state index contributed by atoms with van der Waals surface area (Å²) in [4.78, 5) is 0. The third-order valence-corrected chi connectivity index (χ3v) is 2.81. The number of halogens is 2. The molecule has 0 radical (unpaired) electrons. The molecule has 0 saturated carbocycles. The number of allylic oxidation sites excluding steroid dienone is 5. The first-order valence-electron chi connectivity index (χ1n) is 4.61. The summed E-state index contributed by atoms with van der Waals surface area (Å²) in [7, 11) is 0. The Bertz CT molecular complexity index is 439. The maximum Gasteiger partial charge on any atom is 0.134 e. The SMILES string of the molecule is ClC1=C[CH+]/C(=C(\Cl)c2ccccc2)C=C1. The predicted octanol–water partition coefficient (Wildman–Crippen LogP) is 4.53. The molecule has 74 valence electrons. The lowest BCUT2D eigenvalue weighted by Crippen LogP contribution is -1.88. The van der Waals surface area contributed by atoms with Gasteiger partial charge in [-0.05, 0) is 35.3 Å². The highest BCUT2D eigenvalue weighted by Gasteiger charge is 2.14. The summed E-state index contributed by atoms with van der Waals surface area (Å²) in [6, 6.07) is 9.87. The van der Waals surface area contributed by atoms with E-state index in [1.54, 1.807) is 0 Å². The fourth-order valence-corrected chi connectivity index (χ4v) is 1.73. The Morgan fingerprint density at radius 1 is 1.07 bits per heavy atom. The first kappa shape index (κ1) is 10.4. The fourth-order valence-electron chi connectivity index (χ4n) is 1.35. The Hall–Kier alpha value is -1.11. The second-order valence-corrected chi connectivity index (χ2v) is 4.00. The van der Waals surface area contributed by atoms with Gasteiger partial charge in [0.2, 0.25) is 0 Å². The van der Waals surface area contributed by atoms with Gasteiger partial charge in [-0.3, -0.25) is 0 Å². The summed E-state index contributed by atoms with van der Waals surface area (Å²) in [5.41, 5.74) is 1.99. The minimum Gasteiger partial charge on any atom is -0.0622 e. The maximum absolute atomic E-state index is 6.26. The van der Waals surface area contributed by atoms with Crippen molar-refractivity contribution in [3.05, 3.63) is 71.1 Å². The van der Waals surface area contributed by atoms with Crippen molar-refractivity contribution < 1.29 is 0 Å². The van der Waals surface area contributed by atoms with Gasteiger partial charge >= 0.3 is 0 Å². The van der Waals surface area contributed by atoms with Gasteiger partial charge in [-0.25, -0.2) is 0 Å². The van der Waals surface area contributed by atoms with E-state index in [1.165, 1.54) is 0 Å². The second kappa shape index (κ2) is 4.61. The molecule has 0 N–H and O–H groups in total. The molecule has 1 aliphatic carbocycles. The fraction of sp³-hybridized carbons (Fsp3) is 0. The topological polar surface area (TPSA) is 0 Å². The van der Waals surface area contributed by atoms with Gasteiger partial charge in [0, 0.05) is 30.2 Å². The van der Waals surface area contributed by atoms with Crippen LogP contribution in [-0.2, 0) is 0 Å². The smallest absolute Gasteiger partial charge is 0.0622 e. The van der Waals surface area contributed by atoms with Crippen LogP contribution >= 0.6 is 23.2 Å². The molecular weight excluding hydrogens is 227 g/mol. The number of rotatable bonds is 1. The molecule has 0 heterocycles. The summed E-state index contributed by atoms with van der Waals surface area (Å²) in [6.07, 6.45) is 7.50. The van der Waals surface area contributed by atoms with E-state index >= 15 is 0 Å². The van der Waals surface area contributed by atoms with Crippen molar-refractivity contribution in [3.8, 4) is 0 Å². The van der Waals surface area contributed by atoms with Crippen molar-refractivity contribution in [2.45, 2.75) is 0 Å². The highest BCUT2D eigenvalue weighted by Crippen LogP contribution is 2.28. The molecule has 0 aliphatic heterocycles. The van der Waals surface area contributed by atoms with E-state index in [2.05, 4.69) is 0 Å². The van der Waals surface area contributed by atoms with Gasteiger partial charge in [0.1, 0.15) is 15.6 Å². The van der Waals surface area contributed by atoms with E-state index in [0.717, 1.165) is 21.2 Å². The van der Waals surface area contributed by atoms with Crippen LogP contribution in [0.3, 0.4) is 0 Å². The first-order valence-corrected chi connectivity index (χ1v) is 5.37. The molecule has 2 heteroatoms. The number of benzene rings is 1. The van der Waals surface area contributed by atoms with Crippen molar-refractivity contribution in [1.82, 2.24) is 0 Å². The molecule has 1 aromatic carbocycles. The van der Waals surface area contributed by atoms with E-state index in [9.17, 15) is 0 Å². The second-order valence-electron chi connectivity index (χ2n) is 3.19. The molecule has 0 amide bonds. The molecule has 0 spiro atoms. The molecule has 2 rings (SSSR count). The summed E-state index contributed by atoms with van der Waals surface area (Å²) in [6.45, 7) is 0. The van der Waals surface area contributed by atoms with Crippen LogP contribution in [0.4, 0.5) is 0 Å². The summed E-state index contributed by atoms with van der Waals surface area (Å²) < 4.78 is 0. The highest BCUT2D eigenvalue weighted by atomic mass is 35.5. The largest absolute Gasteiger partial charge is 0.134 e. The van der Waals surface area contributed by atoms with Gasteiger partial charge in [-0.1, -0.05) is 18.2 Å². The zero-order valence-corrected chi connectivity index (χ0v) is 9.46. The van der Waals surface area contributed by atoms with Crippen LogP contribution in [0.2, 0.25) is 0 Å². The van der Waals surface area contributed by atoms with Crippen LogP contribution in [-0.4, -0.2) is 0 Å². The van der Waals surface area contributed by atoms with Crippen molar-refractivity contribution >= 4 is 28.2 Å². The average molecular weight is 236 g/mol. The molecule has 0 saturated heterocycles. The third kappa shape index (κ3) is 2.47. The predicted molar refractivity (Wildman–Crippen MR) is 66.6 cm³/mol. The molecule has 15 heavy (non-hydrogen) atoms. The minimum atomic E-state index is 0.719. The zero-order chi connectivity index (χ0) is 10.7. The summed E-state index contributed by atoms with van der Waals surface area (Å²) in [5, 5.41) is 1.46. The van der Waals surface area contributed by atoms with Crippen LogP contribution < -0.4 is 0 Å². The van der Waals surface area contributed by atoms with Gasteiger partial charge in [0.05, 0.1) is 0 Å². The monoisotopic (exact) mass is 235 g/mol. The standard InChI is InChI=1S/C13H9Cl2/c14-12-8-6-11(7-9-12)13(15)10-4-2-1-3-5-10/h1-9H/q+1. The normalized spacial score (nSPS) is 18.1. The summed E-state index contributed by atoms with van der Waals surface area (Å²) in [5.74, 6) is 0. The van der Waals surface area contributed by atoms with Crippen LogP contribution in [0.25, 0.3) is 5.03 Å². The number of hydrogen-bond donors (Lipinski definition) is 0. The van der Waals surface area contributed by atoms with Crippen LogP contribution in [0, 0.1) is 6.42 Å². The van der Waals surface area contributed by atoms with Gasteiger partial charge in [0.25, 0.3) is 0 Å². The lowest BCUT2D eigenvalue weighted by molar-refractivity contribution is 1.51. The van der Waals surface area contributed by atoms with Crippen LogP contribution in [0.15, 0.2) is 59.2 Å². The highest BCUT2D eigenvalue weighted by molar-refractivity contribution is 6.49. The van der Waals surface area contributed by atoms with Crippen molar-refractivity contribution in [1.29, 1.82) is 0 Å². The Balaban J connectivity index is 2.32. The number of hydrogen-bond acceptors (Lipinski definition) is 0. The maximum atomic E-state index is 6.26. The van der Waals surface area contributed by atoms with Gasteiger partial charge < -0.3 is 0 Å². The minimum absolute atomic E-state index is 0.719. The molecular formula is C13H9Cl2+. The van der Waals surface area contributed by atoms with E-state index in [0.29, 0.717) is 0 Å². The zero-order valence-electron chi connectivity index (χ0n) is 7.95. The van der Waals surface area contributed by atoms with Crippen molar-refractivity contribution in [2.24, 2.45) is 0 Å². The Morgan fingerprint density at radius 2 is 1.80 bits per heavy atom. The van der Waals surface area contributed by atoms with E-state index < -0.39 is 0 Å². The van der Waals surface area contributed by atoms with E-state index in [-0.39, 0.29) is 0 Å². The molecule has 1 aliphatic rings. The van der Waals surface area contributed by atoms with Crippen LogP contribution in [0.1, 0.15) is 5.56 Å². The van der Waals surface area contributed by atoms with Crippen molar-refractivity contribution in [2.75, 3.05) is 0 Å². The van der Waals surface area contributed by atoms with Gasteiger partial charge in [-0.2, -0.15) is 0 Å². The molecule has 0 atom stereocenters. The van der Waals surface area contributed by atoms with E-state index in [1.807, 2.05) is 55.0 Å². The average Bonchev–Trinajstić information content (AvgIpc) is 2.30. The van der Waals surface area contributed by atoms with Crippen molar-refractivity contribution in [3.63, 3.8) is 0 Å². The Kier molecular flexibility index (Phi) is 3.20. The van der Waals surface area contributed by atoms with Crippen LogP contribution in [0.5, 0.6) is 0 Å². The molecule has 0 unspecified atom stereocenters. The molecule has 0 nitrogen and oxygen atoms in total. The Morgan fingerprint density at radius 3 is 2.40 bits per heavy atom. The molecule has 0 fully saturated rings. The molecule has 0 bridgehead atoms. The molecule has 0 aromatic heterocycles. The first-order chi connectivity index (χ1) is 7.27. The lowest BCUT2D eigenvalue weighted by atomic mass is 10.0. The third-order valence-electron chi connectivity index (χ3n) is 2.12.